The van der Waals surface area contributed by atoms with Gasteiger partial charge in [0.1, 0.15) is 5.75 Å². The number of ether oxygens (including phenoxy) is 1. The second-order valence-electron chi connectivity index (χ2n) is 4.52. The third-order valence-electron chi connectivity index (χ3n) is 3.23. The van der Waals surface area contributed by atoms with Crippen molar-refractivity contribution in [3.63, 3.8) is 0 Å². The molecule has 94 valence electrons. The largest absolute Gasteiger partial charge is 0.494 e. The molecule has 0 fully saturated rings. The average molecular weight is 248 g/mol. The molecule has 0 atom stereocenters. The first-order chi connectivity index (χ1) is 9.36. The minimum Gasteiger partial charge on any atom is -0.494 e. The third-order valence-corrected chi connectivity index (χ3v) is 3.23. The Hall–Kier alpha value is -2.28. The minimum absolute atomic E-state index is 0.696. The van der Waals surface area contributed by atoms with Crippen LogP contribution in [0, 0.1) is 0 Å². The van der Waals surface area contributed by atoms with Gasteiger partial charge in [0.05, 0.1) is 6.61 Å². The van der Waals surface area contributed by atoms with E-state index in [0.29, 0.717) is 6.61 Å². The van der Waals surface area contributed by atoms with E-state index in [4.69, 9.17) is 4.74 Å². The number of fused-ring (bicyclic) bond motifs is 1. The summed E-state index contributed by atoms with van der Waals surface area (Å²) in [6.07, 6.45) is 0. The van der Waals surface area contributed by atoms with E-state index < -0.39 is 0 Å². The molecule has 0 aliphatic carbocycles. The van der Waals surface area contributed by atoms with Crippen LogP contribution in [0.1, 0.15) is 6.92 Å². The van der Waals surface area contributed by atoms with Gasteiger partial charge < -0.3 is 4.74 Å². The van der Waals surface area contributed by atoms with Crippen LogP contribution in [0.3, 0.4) is 0 Å². The van der Waals surface area contributed by atoms with Gasteiger partial charge in [-0.2, -0.15) is 0 Å². The molecule has 0 aliphatic rings. The standard InChI is InChI=1S/C18H16O/c1-2-19-18-9-5-8-16(13-18)17-11-10-14-6-3-4-7-15(14)12-17/h3-13H,2H2,1H3. The van der Waals surface area contributed by atoms with E-state index in [0.717, 1.165) is 5.75 Å². The van der Waals surface area contributed by atoms with Crippen LogP contribution in [0.25, 0.3) is 21.9 Å². The highest BCUT2D eigenvalue weighted by atomic mass is 16.5. The average Bonchev–Trinajstić information content (AvgIpc) is 2.47. The van der Waals surface area contributed by atoms with Crippen LogP contribution in [0.5, 0.6) is 5.75 Å². The van der Waals surface area contributed by atoms with E-state index >= 15 is 0 Å². The van der Waals surface area contributed by atoms with Crippen molar-refractivity contribution >= 4 is 10.8 Å². The Morgan fingerprint density at radius 3 is 2.37 bits per heavy atom. The van der Waals surface area contributed by atoms with Gasteiger partial charge in [0.15, 0.2) is 0 Å². The van der Waals surface area contributed by atoms with E-state index in [1.54, 1.807) is 0 Å². The van der Waals surface area contributed by atoms with Gasteiger partial charge in [0.25, 0.3) is 0 Å². The Kier molecular flexibility index (Phi) is 3.20. The molecule has 0 unspecified atom stereocenters. The van der Waals surface area contributed by atoms with Crippen LogP contribution in [0.2, 0.25) is 0 Å². The monoisotopic (exact) mass is 248 g/mol. The van der Waals surface area contributed by atoms with Crippen molar-refractivity contribution in [2.75, 3.05) is 6.61 Å². The molecule has 0 aromatic heterocycles. The van der Waals surface area contributed by atoms with Gasteiger partial charge in [0.2, 0.25) is 0 Å². The molecule has 0 N–H and O–H groups in total. The van der Waals surface area contributed by atoms with Crippen molar-refractivity contribution in [1.82, 2.24) is 0 Å². The van der Waals surface area contributed by atoms with Gasteiger partial charge in [-0.3, -0.25) is 0 Å². The van der Waals surface area contributed by atoms with Crippen LogP contribution in [0.15, 0.2) is 66.7 Å². The molecule has 0 amide bonds. The first-order valence-electron chi connectivity index (χ1n) is 6.59. The van der Waals surface area contributed by atoms with Crippen molar-refractivity contribution in [1.29, 1.82) is 0 Å². The summed E-state index contributed by atoms with van der Waals surface area (Å²) in [6.45, 7) is 2.70. The SMILES string of the molecule is CCOc1cccc(-c2ccc3ccccc3c2)c1. The lowest BCUT2D eigenvalue weighted by Gasteiger charge is -2.07. The smallest absolute Gasteiger partial charge is 0.119 e. The summed E-state index contributed by atoms with van der Waals surface area (Å²) in [5, 5.41) is 2.54. The Balaban J connectivity index is 2.05. The summed E-state index contributed by atoms with van der Waals surface area (Å²) in [4.78, 5) is 0. The van der Waals surface area contributed by atoms with Gasteiger partial charge in [-0.1, -0.05) is 48.5 Å². The Labute approximate surface area is 113 Å². The van der Waals surface area contributed by atoms with Crippen molar-refractivity contribution in [3.05, 3.63) is 66.7 Å². The van der Waals surface area contributed by atoms with Crippen LogP contribution in [0.4, 0.5) is 0 Å². The molecule has 1 heteroatoms. The summed E-state index contributed by atoms with van der Waals surface area (Å²) < 4.78 is 5.56. The molecule has 0 radical (unpaired) electrons. The molecular formula is C18H16O. The summed E-state index contributed by atoms with van der Waals surface area (Å²) in [7, 11) is 0. The summed E-state index contributed by atoms with van der Waals surface area (Å²) in [5.74, 6) is 0.924. The van der Waals surface area contributed by atoms with E-state index in [2.05, 4.69) is 54.6 Å². The highest BCUT2D eigenvalue weighted by Gasteiger charge is 2.01. The summed E-state index contributed by atoms with van der Waals surface area (Å²) in [5.41, 5.74) is 2.41. The fourth-order valence-corrected chi connectivity index (χ4v) is 2.30. The van der Waals surface area contributed by atoms with Gasteiger partial charge in [0, 0.05) is 0 Å². The number of benzene rings is 3. The highest BCUT2D eigenvalue weighted by Crippen LogP contribution is 2.27. The molecule has 0 spiro atoms. The van der Waals surface area contributed by atoms with Gasteiger partial charge >= 0.3 is 0 Å². The van der Waals surface area contributed by atoms with E-state index in [-0.39, 0.29) is 0 Å². The normalized spacial score (nSPS) is 10.6. The zero-order chi connectivity index (χ0) is 13.1. The molecule has 3 aromatic rings. The molecule has 0 bridgehead atoms. The lowest BCUT2D eigenvalue weighted by Crippen LogP contribution is -1.91. The van der Waals surface area contributed by atoms with Crippen molar-refractivity contribution in [2.45, 2.75) is 6.92 Å². The molecule has 19 heavy (non-hydrogen) atoms. The molecule has 1 nitrogen and oxygen atoms in total. The maximum atomic E-state index is 5.56. The van der Waals surface area contributed by atoms with Crippen LogP contribution >= 0.6 is 0 Å². The Morgan fingerprint density at radius 2 is 1.53 bits per heavy atom. The Bertz CT molecular complexity index is 701. The van der Waals surface area contributed by atoms with E-state index in [1.807, 2.05) is 19.1 Å². The fraction of sp³-hybridized carbons (Fsp3) is 0.111. The lowest BCUT2D eigenvalue weighted by atomic mass is 10.0. The topological polar surface area (TPSA) is 9.23 Å². The second-order valence-corrected chi connectivity index (χ2v) is 4.52. The third kappa shape index (κ3) is 2.45. The molecule has 0 heterocycles. The molecule has 3 aromatic carbocycles. The molecular weight excluding hydrogens is 232 g/mol. The van der Waals surface area contributed by atoms with Crippen LogP contribution in [-0.4, -0.2) is 6.61 Å². The zero-order valence-corrected chi connectivity index (χ0v) is 11.0. The summed E-state index contributed by atoms with van der Waals surface area (Å²) >= 11 is 0. The fourth-order valence-electron chi connectivity index (χ4n) is 2.30. The van der Waals surface area contributed by atoms with Gasteiger partial charge in [-0.15, -0.1) is 0 Å². The van der Waals surface area contributed by atoms with E-state index in [1.165, 1.54) is 21.9 Å². The van der Waals surface area contributed by atoms with Gasteiger partial charge in [-0.05, 0) is 47.0 Å². The molecule has 3 rings (SSSR count). The second kappa shape index (κ2) is 5.15. The molecule has 0 aliphatic heterocycles. The number of rotatable bonds is 3. The van der Waals surface area contributed by atoms with Crippen LogP contribution < -0.4 is 4.74 Å². The first kappa shape index (κ1) is 11.8. The van der Waals surface area contributed by atoms with Crippen molar-refractivity contribution in [3.8, 4) is 16.9 Å². The van der Waals surface area contributed by atoms with Gasteiger partial charge in [-0.25, -0.2) is 0 Å². The van der Waals surface area contributed by atoms with Crippen molar-refractivity contribution in [2.24, 2.45) is 0 Å². The number of hydrogen-bond donors (Lipinski definition) is 0. The van der Waals surface area contributed by atoms with Crippen LogP contribution in [-0.2, 0) is 0 Å². The maximum absolute atomic E-state index is 5.56. The number of hydrogen-bond acceptors (Lipinski definition) is 1. The molecule has 0 saturated carbocycles. The predicted octanol–water partition coefficient (Wildman–Crippen LogP) is 4.91. The van der Waals surface area contributed by atoms with Crippen molar-refractivity contribution < 1.29 is 4.74 Å². The summed E-state index contributed by atoms with van der Waals surface area (Å²) in [6, 6.07) is 23.2. The zero-order valence-electron chi connectivity index (χ0n) is 11.0. The quantitative estimate of drug-likeness (QED) is 0.640. The first-order valence-corrected chi connectivity index (χ1v) is 6.59. The highest BCUT2D eigenvalue weighted by molar-refractivity contribution is 5.87. The lowest BCUT2D eigenvalue weighted by molar-refractivity contribution is 0.340. The Morgan fingerprint density at radius 1 is 0.737 bits per heavy atom. The van der Waals surface area contributed by atoms with E-state index in [9.17, 15) is 0 Å². The predicted molar refractivity (Wildman–Crippen MR) is 80.6 cm³/mol. The molecule has 0 saturated heterocycles. The minimum atomic E-state index is 0.696. The maximum Gasteiger partial charge on any atom is 0.119 e.